The van der Waals surface area contributed by atoms with Crippen LogP contribution in [0, 0.1) is 24.2 Å². The highest BCUT2D eigenvalue weighted by Gasteiger charge is 2.82. The molecule has 7 atom stereocenters. The van der Waals surface area contributed by atoms with Gasteiger partial charge in [-0.15, -0.1) is 0 Å². The average molecular weight is 801 g/mol. The van der Waals surface area contributed by atoms with Gasteiger partial charge in [0.15, 0.2) is 12.4 Å². The lowest BCUT2D eigenvalue weighted by Gasteiger charge is -2.44. The van der Waals surface area contributed by atoms with Crippen LogP contribution < -0.4 is 20.7 Å². The number of fused-ring (bicyclic) bond motifs is 3. The van der Waals surface area contributed by atoms with Crippen LogP contribution >= 0.6 is 8.53 Å². The summed E-state index contributed by atoms with van der Waals surface area (Å²) in [5, 5.41) is 9.42. The minimum absolute atomic E-state index is 0.0642. The van der Waals surface area contributed by atoms with Crippen molar-refractivity contribution in [3.63, 3.8) is 0 Å². The second-order valence-electron chi connectivity index (χ2n) is 15.5. The lowest BCUT2D eigenvalue weighted by molar-refractivity contribution is -0.162. The fraction of sp³-hybridized carbons (Fsp3) is 0.465. The van der Waals surface area contributed by atoms with Crippen molar-refractivity contribution in [2.24, 2.45) is 5.92 Å². The zero-order valence-corrected chi connectivity index (χ0v) is 34.2. The molecule has 1 saturated heterocycles. The number of methoxy groups -OCH3 is 2. The van der Waals surface area contributed by atoms with Gasteiger partial charge in [0.05, 0.1) is 33.3 Å². The lowest BCUT2D eigenvalue weighted by atomic mass is 9.79. The normalized spacial score (nSPS) is 25.6. The van der Waals surface area contributed by atoms with Gasteiger partial charge in [-0.1, -0.05) is 54.6 Å². The van der Waals surface area contributed by atoms with E-state index in [-0.39, 0.29) is 43.0 Å². The van der Waals surface area contributed by atoms with Gasteiger partial charge in [0.2, 0.25) is 0 Å². The number of aromatic amines is 1. The first-order chi connectivity index (χ1) is 27.3. The molecule has 0 amide bonds. The molecule has 12 nitrogen and oxygen atoms in total. The predicted molar refractivity (Wildman–Crippen MR) is 213 cm³/mol. The number of nitrogens with zero attached hydrogens (tertiary/aromatic N) is 3. The first-order valence-corrected chi connectivity index (χ1v) is 20.4. The Hall–Kier alpha value is -4.41. The van der Waals surface area contributed by atoms with Crippen molar-refractivity contribution in [1.29, 1.82) is 5.26 Å². The van der Waals surface area contributed by atoms with Crippen LogP contribution in [-0.2, 0) is 24.1 Å². The smallest absolute Gasteiger partial charge is 0.330 e. The molecule has 1 aromatic heterocycles. The van der Waals surface area contributed by atoms with Crippen LogP contribution in [-0.4, -0.2) is 70.6 Å². The third-order valence-corrected chi connectivity index (χ3v) is 13.6. The fourth-order valence-corrected chi connectivity index (χ4v) is 10.6. The number of rotatable bonds is 16. The number of halogens is 1. The molecule has 0 spiro atoms. The zero-order chi connectivity index (χ0) is 40.7. The molecule has 2 heterocycles. The molecule has 3 aliphatic rings. The molecule has 0 radical (unpaired) electrons. The summed E-state index contributed by atoms with van der Waals surface area (Å²) in [6.45, 7) is 9.68. The molecular formula is C43H50FN4O8P. The Balaban J connectivity index is 1.42. The molecule has 2 saturated carbocycles. The highest BCUT2D eigenvalue weighted by atomic mass is 31.2. The molecule has 3 fully saturated rings. The summed E-state index contributed by atoms with van der Waals surface area (Å²) < 4.78 is 60.2. The molecule has 14 heteroatoms. The third-order valence-electron chi connectivity index (χ3n) is 11.4. The summed E-state index contributed by atoms with van der Waals surface area (Å²) in [7, 11) is 1.26. The van der Waals surface area contributed by atoms with E-state index in [2.05, 4.69) is 15.7 Å². The van der Waals surface area contributed by atoms with Gasteiger partial charge >= 0.3 is 5.69 Å². The van der Waals surface area contributed by atoms with E-state index in [0.29, 0.717) is 17.9 Å². The van der Waals surface area contributed by atoms with E-state index >= 15 is 4.39 Å². The maximum Gasteiger partial charge on any atom is 0.330 e. The number of alkyl halides is 1. The largest absolute Gasteiger partial charge is 0.497 e. The van der Waals surface area contributed by atoms with Gasteiger partial charge in [-0.25, -0.2) is 13.9 Å². The Bertz CT molecular complexity index is 2140. The summed E-state index contributed by atoms with van der Waals surface area (Å²) in [4.78, 5) is 28.2. The number of aromatic nitrogens is 2. The van der Waals surface area contributed by atoms with E-state index < -0.39 is 55.1 Å². The number of nitriles is 1. The van der Waals surface area contributed by atoms with Gasteiger partial charge in [0.25, 0.3) is 14.1 Å². The Morgan fingerprint density at radius 2 is 1.49 bits per heavy atom. The summed E-state index contributed by atoms with van der Waals surface area (Å²) in [6, 6.07) is 27.2. The second kappa shape index (κ2) is 16.1. The maximum atomic E-state index is 17.9. The molecule has 0 unspecified atom stereocenters. The molecule has 2 aliphatic carbocycles. The predicted octanol–water partition coefficient (Wildman–Crippen LogP) is 7.30. The standard InChI is InChI=1S/C43H50FN4O8P/c1-27(2)48(28(3)4)57(53-23-11-22-45)56-42-25-33-24-41(33,39(42)54-38(36(42)44)47-26-29(5)37(49)46-40(47)50)55-43(30-12-9-8-10-13-30,31-14-18-34(51-6)19-15-31)32-16-20-35(52-7)21-17-32/h8-10,12-21,26-28,33,36,38-39H,11,23-25H2,1-7H3,(H,46,49,50)/t33-,36-,38+,39+,41+,42-,57+/m0/s1. The highest BCUT2D eigenvalue weighted by molar-refractivity contribution is 7.44. The molecule has 3 aromatic carbocycles. The molecular weight excluding hydrogens is 750 g/mol. The van der Waals surface area contributed by atoms with Gasteiger partial charge in [0, 0.05) is 23.8 Å². The highest BCUT2D eigenvalue weighted by Crippen LogP contribution is 2.73. The number of hydrogen-bond donors (Lipinski definition) is 1. The van der Waals surface area contributed by atoms with Gasteiger partial charge in [-0.2, -0.15) is 5.26 Å². The van der Waals surface area contributed by atoms with Gasteiger partial charge in [-0.3, -0.25) is 14.3 Å². The second-order valence-corrected chi connectivity index (χ2v) is 16.9. The minimum Gasteiger partial charge on any atom is -0.497 e. The Labute approximate surface area is 333 Å². The molecule has 0 bridgehead atoms. The van der Waals surface area contributed by atoms with Crippen molar-refractivity contribution in [2.75, 3.05) is 20.8 Å². The number of benzene rings is 3. The molecule has 7 rings (SSSR count). The molecule has 57 heavy (non-hydrogen) atoms. The third kappa shape index (κ3) is 7.11. The van der Waals surface area contributed by atoms with Gasteiger partial charge < -0.3 is 28.0 Å². The lowest BCUT2D eigenvalue weighted by Crippen LogP contribution is -2.53. The molecule has 1 aliphatic heterocycles. The van der Waals surface area contributed by atoms with Crippen molar-refractivity contribution in [2.45, 2.75) is 101 Å². The van der Waals surface area contributed by atoms with E-state index in [4.69, 9.17) is 28.0 Å². The van der Waals surface area contributed by atoms with Crippen LogP contribution in [0.2, 0.25) is 0 Å². The molecule has 302 valence electrons. The monoisotopic (exact) mass is 800 g/mol. The van der Waals surface area contributed by atoms with Crippen molar-refractivity contribution in [3.05, 3.63) is 128 Å². The first kappa shape index (κ1) is 40.8. The number of ether oxygens (including phenoxy) is 4. The summed E-state index contributed by atoms with van der Waals surface area (Å²) >= 11 is 0. The molecule has 1 N–H and O–H groups in total. The SMILES string of the molecule is COc1ccc(C(O[C@]23C[C@H]2C[C@@]2(O[P@@](OCCC#N)N(C(C)C)C(C)C)[C@@H]3O[C@@H](n3cc(C)c(=O)[nH]c3=O)[C@@H]2F)(c2ccccc2)c2ccc(OC)cc2)cc1. The van der Waals surface area contributed by atoms with E-state index in [1.807, 2.05) is 107 Å². The van der Waals surface area contributed by atoms with Crippen LogP contribution in [0.5, 0.6) is 11.5 Å². The number of nitrogens with one attached hydrogen (secondary N) is 1. The van der Waals surface area contributed by atoms with E-state index in [0.717, 1.165) is 21.3 Å². The zero-order valence-electron chi connectivity index (χ0n) is 33.3. The topological polar surface area (TPSA) is 137 Å². The van der Waals surface area contributed by atoms with E-state index in [9.17, 15) is 14.9 Å². The van der Waals surface area contributed by atoms with E-state index in [1.54, 1.807) is 21.1 Å². The fourth-order valence-electron chi connectivity index (χ4n) is 8.75. The average Bonchev–Trinajstić information content (AvgIpc) is 3.71. The van der Waals surface area contributed by atoms with Crippen LogP contribution in [0.1, 0.15) is 75.4 Å². The van der Waals surface area contributed by atoms with Gasteiger partial charge in [-0.05, 0) is 94.3 Å². The van der Waals surface area contributed by atoms with Crippen molar-refractivity contribution >= 4 is 8.53 Å². The van der Waals surface area contributed by atoms with Crippen molar-refractivity contribution < 1.29 is 32.4 Å². The van der Waals surface area contributed by atoms with Crippen LogP contribution in [0.4, 0.5) is 4.39 Å². The van der Waals surface area contributed by atoms with Crippen LogP contribution in [0.15, 0.2) is 94.6 Å². The Kier molecular flexibility index (Phi) is 11.5. The number of H-pyrrole nitrogens is 1. The van der Waals surface area contributed by atoms with Crippen LogP contribution in [0.3, 0.4) is 0 Å². The summed E-state index contributed by atoms with van der Waals surface area (Å²) in [6.07, 6.45) is -2.23. The Morgan fingerprint density at radius 1 is 0.930 bits per heavy atom. The summed E-state index contributed by atoms with van der Waals surface area (Å²) in [5.74, 6) is 1.12. The van der Waals surface area contributed by atoms with Crippen LogP contribution in [0.25, 0.3) is 0 Å². The van der Waals surface area contributed by atoms with Crippen molar-refractivity contribution in [1.82, 2.24) is 14.2 Å². The van der Waals surface area contributed by atoms with Gasteiger partial charge in [0.1, 0.15) is 34.4 Å². The summed E-state index contributed by atoms with van der Waals surface area (Å²) in [5.41, 5.74) is -2.77. The Morgan fingerprint density at radius 3 is 2.04 bits per heavy atom. The maximum absolute atomic E-state index is 17.9. The van der Waals surface area contributed by atoms with Crippen molar-refractivity contribution in [3.8, 4) is 17.6 Å². The number of aryl methyl sites for hydroxylation is 1. The minimum atomic E-state index is -1.96. The molecule has 4 aromatic rings. The first-order valence-electron chi connectivity index (χ1n) is 19.3. The van der Waals surface area contributed by atoms with E-state index in [1.165, 1.54) is 6.20 Å². The quantitative estimate of drug-likeness (QED) is 0.0699. The number of hydrogen-bond acceptors (Lipinski definition) is 10.